The number of nitrogens with one attached hydrogen (secondary N) is 1. The summed E-state index contributed by atoms with van der Waals surface area (Å²) in [7, 11) is -3.12. The number of sulfone groups is 1. The summed E-state index contributed by atoms with van der Waals surface area (Å²) in [5.74, 6) is -0.122. The van der Waals surface area contributed by atoms with E-state index in [1.165, 1.54) is 12.1 Å². The molecule has 0 spiro atoms. The average Bonchev–Trinajstić information content (AvgIpc) is 2.15. The Hall–Kier alpha value is -1.24. The number of alkyl halides is 3. The summed E-state index contributed by atoms with van der Waals surface area (Å²) >= 11 is 0. The smallest absolute Gasteiger partial charge is 0.384 e. The molecular formula is C10H12F3NO2S. The van der Waals surface area contributed by atoms with Crippen LogP contribution in [0.5, 0.6) is 0 Å². The topological polar surface area (TPSA) is 46.2 Å². The van der Waals surface area contributed by atoms with Crippen LogP contribution in [-0.4, -0.2) is 27.0 Å². The zero-order valence-corrected chi connectivity index (χ0v) is 9.90. The fourth-order valence-electron chi connectivity index (χ4n) is 1.19. The minimum Gasteiger partial charge on any atom is -0.384 e. The van der Waals surface area contributed by atoms with Crippen LogP contribution in [0, 0.1) is 0 Å². The van der Waals surface area contributed by atoms with Gasteiger partial charge in [-0.05, 0) is 18.2 Å². The highest BCUT2D eigenvalue weighted by Crippen LogP contribution is 2.30. The van der Waals surface area contributed by atoms with Gasteiger partial charge in [0.25, 0.3) is 0 Å². The Kier molecular flexibility index (Phi) is 4.03. The molecule has 1 aromatic carbocycles. The molecule has 17 heavy (non-hydrogen) atoms. The Morgan fingerprint density at radius 1 is 1.29 bits per heavy atom. The number of anilines is 1. The van der Waals surface area contributed by atoms with Crippen molar-refractivity contribution in [2.75, 3.05) is 23.9 Å². The molecule has 1 rings (SSSR count). The first-order valence-corrected chi connectivity index (χ1v) is 6.83. The Bertz CT molecular complexity index is 483. The number of benzene rings is 1. The van der Waals surface area contributed by atoms with Crippen molar-refractivity contribution in [1.29, 1.82) is 0 Å². The molecule has 0 atom stereocenters. The molecule has 0 saturated carbocycles. The fraction of sp³-hybridized carbons (Fsp3) is 0.400. The van der Waals surface area contributed by atoms with Crippen molar-refractivity contribution in [1.82, 2.24) is 0 Å². The van der Waals surface area contributed by atoms with E-state index >= 15 is 0 Å². The standard InChI is InChI=1S/C10H12F3NO2S/c1-17(15,16)6-5-14-9-4-2-3-8(7-9)10(11,12)13/h2-4,7,14H,5-6H2,1H3. The zero-order valence-electron chi connectivity index (χ0n) is 9.08. The van der Waals surface area contributed by atoms with Gasteiger partial charge in [-0.3, -0.25) is 0 Å². The summed E-state index contributed by atoms with van der Waals surface area (Å²) in [6.07, 6.45) is -3.32. The molecule has 0 radical (unpaired) electrons. The van der Waals surface area contributed by atoms with E-state index in [9.17, 15) is 21.6 Å². The molecule has 0 aliphatic rings. The van der Waals surface area contributed by atoms with Crippen LogP contribution in [-0.2, 0) is 16.0 Å². The van der Waals surface area contributed by atoms with E-state index in [1.807, 2.05) is 0 Å². The van der Waals surface area contributed by atoms with Crippen molar-refractivity contribution in [3.63, 3.8) is 0 Å². The second-order valence-electron chi connectivity index (χ2n) is 3.64. The lowest BCUT2D eigenvalue weighted by Gasteiger charge is -2.10. The van der Waals surface area contributed by atoms with Gasteiger partial charge in [-0.2, -0.15) is 13.2 Å². The molecule has 0 saturated heterocycles. The second kappa shape index (κ2) is 4.95. The Labute approximate surface area is 97.6 Å². The van der Waals surface area contributed by atoms with Crippen LogP contribution < -0.4 is 5.32 Å². The zero-order chi connectivity index (χ0) is 13.1. The SMILES string of the molecule is CS(=O)(=O)CCNc1cccc(C(F)(F)F)c1. The van der Waals surface area contributed by atoms with E-state index in [2.05, 4.69) is 5.32 Å². The quantitative estimate of drug-likeness (QED) is 0.909. The van der Waals surface area contributed by atoms with Crippen molar-refractivity contribution >= 4 is 15.5 Å². The summed E-state index contributed by atoms with van der Waals surface area (Å²) in [5, 5.41) is 2.63. The maximum Gasteiger partial charge on any atom is 0.416 e. The van der Waals surface area contributed by atoms with Gasteiger partial charge < -0.3 is 5.32 Å². The molecule has 1 aromatic rings. The Balaban J connectivity index is 2.67. The van der Waals surface area contributed by atoms with Crippen LogP contribution in [0.25, 0.3) is 0 Å². The third kappa shape index (κ3) is 5.08. The van der Waals surface area contributed by atoms with Crippen molar-refractivity contribution in [3.05, 3.63) is 29.8 Å². The lowest BCUT2D eigenvalue weighted by molar-refractivity contribution is -0.137. The van der Waals surface area contributed by atoms with E-state index in [0.29, 0.717) is 0 Å². The fourth-order valence-corrected chi connectivity index (χ4v) is 1.66. The molecule has 0 aliphatic carbocycles. The van der Waals surface area contributed by atoms with Gasteiger partial charge in [0.05, 0.1) is 11.3 Å². The van der Waals surface area contributed by atoms with Gasteiger partial charge in [0.15, 0.2) is 0 Å². The van der Waals surface area contributed by atoms with Crippen LogP contribution in [0.15, 0.2) is 24.3 Å². The second-order valence-corrected chi connectivity index (χ2v) is 5.89. The van der Waals surface area contributed by atoms with E-state index < -0.39 is 21.6 Å². The van der Waals surface area contributed by atoms with Crippen molar-refractivity contribution in [3.8, 4) is 0 Å². The predicted molar refractivity (Wildman–Crippen MR) is 59.6 cm³/mol. The summed E-state index contributed by atoms with van der Waals surface area (Å²) in [4.78, 5) is 0. The minimum absolute atomic E-state index is 0.0835. The van der Waals surface area contributed by atoms with Crippen LogP contribution in [0.4, 0.5) is 18.9 Å². The van der Waals surface area contributed by atoms with Gasteiger partial charge in [0.1, 0.15) is 9.84 Å². The van der Waals surface area contributed by atoms with Crippen LogP contribution in [0.2, 0.25) is 0 Å². The van der Waals surface area contributed by atoms with Crippen LogP contribution in [0.3, 0.4) is 0 Å². The summed E-state index contributed by atoms with van der Waals surface area (Å²) < 4.78 is 58.7. The van der Waals surface area contributed by atoms with Gasteiger partial charge >= 0.3 is 6.18 Å². The van der Waals surface area contributed by atoms with E-state index in [0.717, 1.165) is 18.4 Å². The molecule has 0 heterocycles. The average molecular weight is 267 g/mol. The van der Waals surface area contributed by atoms with Gasteiger partial charge in [-0.25, -0.2) is 8.42 Å². The van der Waals surface area contributed by atoms with Crippen LogP contribution >= 0.6 is 0 Å². The molecular weight excluding hydrogens is 255 g/mol. The Morgan fingerprint density at radius 2 is 1.94 bits per heavy atom. The monoisotopic (exact) mass is 267 g/mol. The largest absolute Gasteiger partial charge is 0.416 e. The molecule has 0 aromatic heterocycles. The lowest BCUT2D eigenvalue weighted by Crippen LogP contribution is -2.14. The first kappa shape index (κ1) is 13.8. The summed E-state index contributed by atoms with van der Waals surface area (Å²) in [6, 6.07) is 4.63. The number of halogens is 3. The van der Waals surface area contributed by atoms with E-state index in [1.54, 1.807) is 0 Å². The van der Waals surface area contributed by atoms with Gasteiger partial charge in [-0.1, -0.05) is 6.07 Å². The Morgan fingerprint density at radius 3 is 2.47 bits per heavy atom. The molecule has 7 heteroatoms. The first-order valence-electron chi connectivity index (χ1n) is 4.77. The number of hydrogen-bond acceptors (Lipinski definition) is 3. The number of rotatable bonds is 4. The summed E-state index contributed by atoms with van der Waals surface area (Å²) in [5.41, 5.74) is -0.509. The first-order chi connectivity index (χ1) is 7.68. The van der Waals surface area contributed by atoms with E-state index in [4.69, 9.17) is 0 Å². The highest BCUT2D eigenvalue weighted by molar-refractivity contribution is 7.90. The highest BCUT2D eigenvalue weighted by Gasteiger charge is 2.30. The van der Waals surface area contributed by atoms with Crippen LogP contribution in [0.1, 0.15) is 5.56 Å². The van der Waals surface area contributed by atoms with Crippen molar-refractivity contribution < 1.29 is 21.6 Å². The molecule has 0 bridgehead atoms. The normalized spacial score (nSPS) is 12.5. The van der Waals surface area contributed by atoms with Gasteiger partial charge in [0.2, 0.25) is 0 Å². The molecule has 0 amide bonds. The van der Waals surface area contributed by atoms with Gasteiger partial charge in [0, 0.05) is 18.5 Å². The number of hydrogen-bond donors (Lipinski definition) is 1. The lowest BCUT2D eigenvalue weighted by atomic mass is 10.2. The van der Waals surface area contributed by atoms with Crippen molar-refractivity contribution in [2.24, 2.45) is 0 Å². The molecule has 1 N–H and O–H groups in total. The maximum absolute atomic E-state index is 12.4. The third-order valence-corrected chi connectivity index (χ3v) is 2.94. The van der Waals surface area contributed by atoms with Crippen molar-refractivity contribution in [2.45, 2.75) is 6.18 Å². The molecule has 3 nitrogen and oxygen atoms in total. The summed E-state index contributed by atoms with van der Waals surface area (Å²) in [6.45, 7) is 0.0835. The molecule has 0 unspecified atom stereocenters. The third-order valence-electron chi connectivity index (χ3n) is 1.99. The van der Waals surface area contributed by atoms with Gasteiger partial charge in [-0.15, -0.1) is 0 Å². The minimum atomic E-state index is -4.39. The molecule has 96 valence electrons. The predicted octanol–water partition coefficient (Wildman–Crippen LogP) is 2.16. The maximum atomic E-state index is 12.4. The highest BCUT2D eigenvalue weighted by atomic mass is 32.2. The van der Waals surface area contributed by atoms with E-state index in [-0.39, 0.29) is 18.0 Å². The molecule has 0 fully saturated rings. The molecule has 0 aliphatic heterocycles.